The summed E-state index contributed by atoms with van der Waals surface area (Å²) in [6.07, 6.45) is -4.17. The molecule has 0 radical (unpaired) electrons. The Morgan fingerprint density at radius 3 is 2.56 bits per heavy atom. The van der Waals surface area contributed by atoms with Crippen LogP contribution < -0.4 is 5.32 Å². The van der Waals surface area contributed by atoms with Crippen molar-refractivity contribution in [2.75, 3.05) is 11.9 Å². The Bertz CT molecular complexity index is 885. The van der Waals surface area contributed by atoms with Crippen molar-refractivity contribution in [3.63, 3.8) is 0 Å². The molecule has 1 aliphatic rings. The van der Waals surface area contributed by atoms with Crippen LogP contribution in [0.2, 0.25) is 0 Å². The molecule has 2 aromatic rings. The SMILES string of the molecule is Cc1ccc(CN2CCC(Nc3cc(C#N)ccc3C(F)(F)F)C2=O)cc1. The van der Waals surface area contributed by atoms with E-state index in [1.165, 1.54) is 0 Å². The van der Waals surface area contributed by atoms with E-state index in [9.17, 15) is 18.0 Å². The third-order valence-corrected chi connectivity index (χ3v) is 4.58. The molecular weight excluding hydrogens is 355 g/mol. The Balaban J connectivity index is 1.76. The number of hydrogen-bond acceptors (Lipinski definition) is 3. The van der Waals surface area contributed by atoms with Crippen LogP contribution in [0.4, 0.5) is 18.9 Å². The van der Waals surface area contributed by atoms with Gasteiger partial charge in [-0.15, -0.1) is 0 Å². The van der Waals surface area contributed by atoms with Crippen LogP contribution in [0, 0.1) is 18.3 Å². The molecule has 1 fully saturated rings. The zero-order valence-electron chi connectivity index (χ0n) is 14.7. The van der Waals surface area contributed by atoms with E-state index >= 15 is 0 Å². The van der Waals surface area contributed by atoms with Crippen molar-refractivity contribution in [2.45, 2.75) is 32.1 Å². The second-order valence-corrected chi connectivity index (χ2v) is 6.60. The normalized spacial score (nSPS) is 17.1. The van der Waals surface area contributed by atoms with Crippen LogP contribution >= 0.6 is 0 Å². The van der Waals surface area contributed by atoms with Crippen LogP contribution in [-0.4, -0.2) is 23.4 Å². The van der Waals surface area contributed by atoms with Gasteiger partial charge in [-0.2, -0.15) is 18.4 Å². The number of benzene rings is 2. The summed E-state index contributed by atoms with van der Waals surface area (Å²) < 4.78 is 39.7. The van der Waals surface area contributed by atoms with Crippen LogP contribution in [0.3, 0.4) is 0 Å². The lowest BCUT2D eigenvalue weighted by molar-refractivity contribution is -0.137. The highest BCUT2D eigenvalue weighted by molar-refractivity contribution is 5.87. The Labute approximate surface area is 155 Å². The third kappa shape index (κ3) is 4.22. The summed E-state index contributed by atoms with van der Waals surface area (Å²) in [5.74, 6) is -0.244. The maximum atomic E-state index is 13.2. The summed E-state index contributed by atoms with van der Waals surface area (Å²) in [4.78, 5) is 14.2. The maximum Gasteiger partial charge on any atom is 0.418 e. The van der Waals surface area contributed by atoms with E-state index < -0.39 is 17.8 Å². The zero-order chi connectivity index (χ0) is 19.6. The molecule has 1 amide bonds. The maximum absolute atomic E-state index is 13.2. The van der Waals surface area contributed by atoms with Crippen molar-refractivity contribution in [3.05, 3.63) is 64.7 Å². The van der Waals surface area contributed by atoms with E-state index in [1.807, 2.05) is 37.3 Å². The van der Waals surface area contributed by atoms with Gasteiger partial charge in [0.25, 0.3) is 0 Å². The average molecular weight is 373 g/mol. The Kier molecular flexibility index (Phi) is 5.08. The number of hydrogen-bond donors (Lipinski definition) is 1. The number of amides is 1. The molecule has 2 aromatic carbocycles. The van der Waals surface area contributed by atoms with Gasteiger partial charge in [0.15, 0.2) is 0 Å². The van der Waals surface area contributed by atoms with E-state index in [1.54, 1.807) is 4.90 Å². The van der Waals surface area contributed by atoms with Crippen LogP contribution in [0.1, 0.15) is 28.7 Å². The van der Waals surface area contributed by atoms with E-state index in [2.05, 4.69) is 5.32 Å². The molecule has 4 nitrogen and oxygen atoms in total. The number of anilines is 1. The van der Waals surface area contributed by atoms with Crippen molar-refractivity contribution < 1.29 is 18.0 Å². The number of halogens is 3. The second kappa shape index (κ2) is 7.31. The van der Waals surface area contributed by atoms with Gasteiger partial charge in [-0.05, 0) is 37.1 Å². The molecule has 0 bridgehead atoms. The van der Waals surface area contributed by atoms with Gasteiger partial charge in [0, 0.05) is 18.8 Å². The number of carbonyl (C=O) groups is 1. The van der Waals surface area contributed by atoms with E-state index in [4.69, 9.17) is 5.26 Å². The summed E-state index contributed by atoms with van der Waals surface area (Å²) in [6.45, 7) is 2.85. The molecule has 0 spiro atoms. The van der Waals surface area contributed by atoms with Gasteiger partial charge in [-0.3, -0.25) is 4.79 Å². The molecule has 1 N–H and O–H groups in total. The van der Waals surface area contributed by atoms with Gasteiger partial charge in [-0.1, -0.05) is 29.8 Å². The quantitative estimate of drug-likeness (QED) is 0.878. The number of nitrogens with zero attached hydrogens (tertiary/aromatic N) is 2. The van der Waals surface area contributed by atoms with Gasteiger partial charge in [0.2, 0.25) is 5.91 Å². The predicted octanol–water partition coefficient (Wildman–Crippen LogP) is 4.10. The molecule has 1 heterocycles. The summed E-state index contributed by atoms with van der Waals surface area (Å²) >= 11 is 0. The van der Waals surface area contributed by atoms with E-state index in [0.717, 1.165) is 29.3 Å². The van der Waals surface area contributed by atoms with Gasteiger partial charge in [0.1, 0.15) is 6.04 Å². The van der Waals surface area contributed by atoms with Crippen molar-refractivity contribution in [1.29, 1.82) is 5.26 Å². The van der Waals surface area contributed by atoms with E-state index in [0.29, 0.717) is 19.5 Å². The smallest absolute Gasteiger partial charge is 0.373 e. The largest absolute Gasteiger partial charge is 0.418 e. The highest BCUT2D eigenvalue weighted by Crippen LogP contribution is 2.36. The number of nitriles is 1. The molecule has 7 heteroatoms. The first-order valence-electron chi connectivity index (χ1n) is 8.50. The van der Waals surface area contributed by atoms with E-state index in [-0.39, 0.29) is 17.2 Å². The monoisotopic (exact) mass is 373 g/mol. The molecule has 140 valence electrons. The van der Waals surface area contributed by atoms with Crippen molar-refractivity contribution in [3.8, 4) is 6.07 Å². The molecule has 27 heavy (non-hydrogen) atoms. The first-order valence-corrected chi connectivity index (χ1v) is 8.50. The lowest BCUT2D eigenvalue weighted by atomic mass is 10.1. The number of rotatable bonds is 4. The fraction of sp³-hybridized carbons (Fsp3) is 0.300. The molecular formula is C20H18F3N3O. The Morgan fingerprint density at radius 2 is 1.93 bits per heavy atom. The fourth-order valence-electron chi connectivity index (χ4n) is 3.11. The van der Waals surface area contributed by atoms with Crippen LogP contribution in [0.25, 0.3) is 0 Å². The number of aryl methyl sites for hydroxylation is 1. The molecule has 0 aliphatic carbocycles. The topological polar surface area (TPSA) is 56.1 Å². The van der Waals surface area contributed by atoms with Crippen LogP contribution in [0.5, 0.6) is 0 Å². The van der Waals surface area contributed by atoms with Gasteiger partial charge >= 0.3 is 6.18 Å². The van der Waals surface area contributed by atoms with Crippen LogP contribution in [0.15, 0.2) is 42.5 Å². The Hall–Kier alpha value is -3.01. The molecule has 1 aliphatic heterocycles. The first-order chi connectivity index (χ1) is 12.8. The standard InChI is InChI=1S/C20H18F3N3O/c1-13-2-4-14(5-3-13)12-26-9-8-17(19(26)27)25-18-10-15(11-24)6-7-16(18)20(21,22)23/h2-7,10,17,25H,8-9,12H2,1H3. The fourth-order valence-corrected chi connectivity index (χ4v) is 3.11. The van der Waals surface area contributed by atoms with Crippen molar-refractivity contribution in [1.82, 2.24) is 4.90 Å². The molecule has 1 unspecified atom stereocenters. The van der Waals surface area contributed by atoms with Crippen molar-refractivity contribution >= 4 is 11.6 Å². The third-order valence-electron chi connectivity index (χ3n) is 4.58. The Morgan fingerprint density at radius 1 is 1.22 bits per heavy atom. The summed E-state index contributed by atoms with van der Waals surface area (Å²) in [5, 5.41) is 11.7. The summed E-state index contributed by atoms with van der Waals surface area (Å²) in [5.41, 5.74) is 1.07. The highest BCUT2D eigenvalue weighted by Gasteiger charge is 2.37. The minimum atomic E-state index is -4.57. The van der Waals surface area contributed by atoms with Crippen molar-refractivity contribution in [2.24, 2.45) is 0 Å². The minimum Gasteiger partial charge on any atom is -0.373 e. The average Bonchev–Trinajstić information content (AvgIpc) is 2.96. The number of carbonyl (C=O) groups excluding carboxylic acids is 1. The summed E-state index contributed by atoms with van der Waals surface area (Å²) in [6, 6.07) is 12.0. The number of likely N-dealkylation sites (tertiary alicyclic amines) is 1. The number of alkyl halides is 3. The molecule has 0 saturated carbocycles. The molecule has 3 rings (SSSR count). The van der Waals surface area contributed by atoms with Gasteiger partial charge in [0.05, 0.1) is 17.2 Å². The number of nitrogens with one attached hydrogen (secondary N) is 1. The predicted molar refractivity (Wildman–Crippen MR) is 94.8 cm³/mol. The van der Waals surface area contributed by atoms with Crippen LogP contribution in [-0.2, 0) is 17.5 Å². The first kappa shape index (κ1) is 18.8. The minimum absolute atomic E-state index is 0.104. The molecule has 0 aromatic heterocycles. The lowest BCUT2D eigenvalue weighted by Gasteiger charge is -2.20. The summed E-state index contributed by atoms with van der Waals surface area (Å²) in [7, 11) is 0. The highest BCUT2D eigenvalue weighted by atomic mass is 19.4. The molecule has 1 saturated heterocycles. The lowest BCUT2D eigenvalue weighted by Crippen LogP contribution is -2.33. The second-order valence-electron chi connectivity index (χ2n) is 6.60. The molecule has 1 atom stereocenters. The van der Waals surface area contributed by atoms with Gasteiger partial charge in [-0.25, -0.2) is 0 Å². The van der Waals surface area contributed by atoms with Gasteiger partial charge < -0.3 is 10.2 Å². The zero-order valence-corrected chi connectivity index (χ0v) is 14.7.